The van der Waals surface area contributed by atoms with Crippen molar-refractivity contribution in [2.75, 3.05) is 0 Å². The Morgan fingerprint density at radius 2 is 1.86 bits per heavy atom. The highest BCUT2D eigenvalue weighted by Crippen LogP contribution is 2.20. The van der Waals surface area contributed by atoms with Gasteiger partial charge in [-0.15, -0.1) is 0 Å². The van der Waals surface area contributed by atoms with Crippen LogP contribution >= 0.6 is 0 Å². The second kappa shape index (κ2) is 2.48. The van der Waals surface area contributed by atoms with E-state index in [0.29, 0.717) is 0 Å². The average Bonchev–Trinajstić information content (AvgIpc) is 2.57. The molecule has 0 unspecified atom stereocenters. The number of H-pyrrole nitrogens is 2. The zero-order valence-electron chi connectivity index (χ0n) is 7.37. The number of pyridine rings is 1. The smallest absolute Gasteiger partial charge is 0.258 e. The maximum absolute atomic E-state index is 11.6. The molecular weight excluding hydrogens is 176 g/mol. The van der Waals surface area contributed by atoms with E-state index < -0.39 is 0 Å². The van der Waals surface area contributed by atoms with E-state index >= 15 is 0 Å². The van der Waals surface area contributed by atoms with Crippen LogP contribution in [0.1, 0.15) is 0 Å². The van der Waals surface area contributed by atoms with E-state index in [9.17, 15) is 4.79 Å². The molecule has 3 heteroatoms. The standard InChI is InChI=1S/C11H8N2O/c14-11-10-7-3-1-2-4-8(7)13-9(10)5-6-12-11/h1-6,13H,(H,12,14). The summed E-state index contributed by atoms with van der Waals surface area (Å²) in [6.45, 7) is 0. The summed E-state index contributed by atoms with van der Waals surface area (Å²) in [7, 11) is 0. The number of hydrogen-bond donors (Lipinski definition) is 2. The van der Waals surface area contributed by atoms with Gasteiger partial charge in [0, 0.05) is 17.1 Å². The first-order valence-corrected chi connectivity index (χ1v) is 4.44. The van der Waals surface area contributed by atoms with Crippen LogP contribution in [0.25, 0.3) is 21.8 Å². The molecule has 3 aromatic rings. The summed E-state index contributed by atoms with van der Waals surface area (Å²) in [4.78, 5) is 17.5. The molecule has 3 nitrogen and oxygen atoms in total. The maximum Gasteiger partial charge on any atom is 0.258 e. The van der Waals surface area contributed by atoms with Crippen molar-refractivity contribution in [3.63, 3.8) is 0 Å². The van der Waals surface area contributed by atoms with E-state index in [0.717, 1.165) is 21.8 Å². The number of para-hydroxylation sites is 1. The van der Waals surface area contributed by atoms with Crippen molar-refractivity contribution in [3.8, 4) is 0 Å². The average molecular weight is 184 g/mol. The Morgan fingerprint density at radius 3 is 2.79 bits per heavy atom. The molecule has 0 amide bonds. The van der Waals surface area contributed by atoms with Crippen LogP contribution < -0.4 is 5.56 Å². The van der Waals surface area contributed by atoms with Gasteiger partial charge in [-0.3, -0.25) is 4.79 Å². The van der Waals surface area contributed by atoms with Gasteiger partial charge in [0.15, 0.2) is 0 Å². The largest absolute Gasteiger partial charge is 0.354 e. The van der Waals surface area contributed by atoms with Crippen LogP contribution in [-0.4, -0.2) is 9.97 Å². The van der Waals surface area contributed by atoms with Crippen LogP contribution in [0.3, 0.4) is 0 Å². The number of aromatic nitrogens is 2. The van der Waals surface area contributed by atoms with Crippen LogP contribution in [0.4, 0.5) is 0 Å². The van der Waals surface area contributed by atoms with E-state index in [1.165, 1.54) is 0 Å². The second-order valence-electron chi connectivity index (χ2n) is 3.27. The molecule has 0 fully saturated rings. The quantitative estimate of drug-likeness (QED) is 0.551. The Bertz CT molecular complexity index is 663. The van der Waals surface area contributed by atoms with Gasteiger partial charge in [0.2, 0.25) is 0 Å². The molecule has 0 radical (unpaired) electrons. The van der Waals surface area contributed by atoms with Gasteiger partial charge in [-0.05, 0) is 12.1 Å². The fourth-order valence-electron chi connectivity index (χ4n) is 1.81. The van der Waals surface area contributed by atoms with Crippen LogP contribution in [0.2, 0.25) is 0 Å². The van der Waals surface area contributed by atoms with Gasteiger partial charge in [0.05, 0.1) is 10.9 Å². The molecule has 68 valence electrons. The predicted octanol–water partition coefficient (Wildman–Crippen LogP) is 2.01. The Kier molecular flexibility index (Phi) is 1.31. The first kappa shape index (κ1) is 7.38. The van der Waals surface area contributed by atoms with E-state index in [-0.39, 0.29) is 5.56 Å². The number of aromatic amines is 2. The zero-order valence-corrected chi connectivity index (χ0v) is 7.37. The maximum atomic E-state index is 11.6. The van der Waals surface area contributed by atoms with Crippen molar-refractivity contribution in [3.05, 3.63) is 46.9 Å². The van der Waals surface area contributed by atoms with Gasteiger partial charge in [0.25, 0.3) is 5.56 Å². The zero-order chi connectivity index (χ0) is 9.54. The number of nitrogens with one attached hydrogen (secondary N) is 2. The third kappa shape index (κ3) is 0.836. The van der Waals surface area contributed by atoms with Crippen molar-refractivity contribution >= 4 is 21.8 Å². The van der Waals surface area contributed by atoms with E-state index in [1.54, 1.807) is 6.20 Å². The number of fused-ring (bicyclic) bond motifs is 3. The molecule has 0 atom stereocenters. The molecule has 0 spiro atoms. The summed E-state index contributed by atoms with van der Waals surface area (Å²) in [6, 6.07) is 9.67. The highest BCUT2D eigenvalue weighted by molar-refractivity contribution is 6.06. The van der Waals surface area contributed by atoms with Gasteiger partial charge in [-0.1, -0.05) is 18.2 Å². The molecule has 2 aromatic heterocycles. The summed E-state index contributed by atoms with van der Waals surface area (Å²) < 4.78 is 0. The molecule has 1 aromatic carbocycles. The number of benzene rings is 1. The molecule has 0 bridgehead atoms. The Hall–Kier alpha value is -2.03. The molecule has 0 saturated heterocycles. The third-order valence-electron chi connectivity index (χ3n) is 2.43. The molecule has 3 rings (SSSR count). The minimum Gasteiger partial charge on any atom is -0.354 e. The predicted molar refractivity (Wildman–Crippen MR) is 56.4 cm³/mol. The summed E-state index contributed by atoms with van der Waals surface area (Å²) >= 11 is 0. The van der Waals surface area contributed by atoms with Gasteiger partial charge < -0.3 is 9.97 Å². The van der Waals surface area contributed by atoms with E-state index in [2.05, 4.69) is 9.97 Å². The molecule has 14 heavy (non-hydrogen) atoms. The number of rotatable bonds is 0. The molecule has 2 heterocycles. The molecule has 0 saturated carbocycles. The summed E-state index contributed by atoms with van der Waals surface area (Å²) in [5.41, 5.74) is 1.84. The van der Waals surface area contributed by atoms with E-state index in [1.807, 2.05) is 30.3 Å². The topological polar surface area (TPSA) is 48.6 Å². The summed E-state index contributed by atoms with van der Waals surface area (Å²) in [6.07, 6.45) is 1.65. The van der Waals surface area contributed by atoms with Gasteiger partial charge in [0.1, 0.15) is 0 Å². The van der Waals surface area contributed by atoms with E-state index in [4.69, 9.17) is 0 Å². The molecule has 0 aliphatic rings. The Labute approximate surface area is 79.4 Å². The van der Waals surface area contributed by atoms with Gasteiger partial charge in [-0.2, -0.15) is 0 Å². The van der Waals surface area contributed by atoms with Gasteiger partial charge >= 0.3 is 0 Å². The lowest BCUT2D eigenvalue weighted by atomic mass is 10.2. The molecule has 0 aliphatic heterocycles. The summed E-state index contributed by atoms with van der Waals surface area (Å²) in [5, 5.41) is 1.72. The van der Waals surface area contributed by atoms with Crippen molar-refractivity contribution in [2.45, 2.75) is 0 Å². The van der Waals surface area contributed by atoms with Gasteiger partial charge in [-0.25, -0.2) is 0 Å². The van der Waals surface area contributed by atoms with Crippen LogP contribution in [0, 0.1) is 0 Å². The number of hydrogen-bond acceptors (Lipinski definition) is 1. The highest BCUT2D eigenvalue weighted by Gasteiger charge is 2.05. The first-order valence-electron chi connectivity index (χ1n) is 4.44. The SMILES string of the molecule is O=c1[nH]ccc2[nH]c3ccccc3c12. The monoisotopic (exact) mass is 184 g/mol. The minimum absolute atomic E-state index is 0.0417. The summed E-state index contributed by atoms with van der Waals surface area (Å²) in [5.74, 6) is 0. The first-order chi connectivity index (χ1) is 6.86. The molecule has 0 aliphatic carbocycles. The Balaban J connectivity index is 2.73. The highest BCUT2D eigenvalue weighted by atomic mass is 16.1. The second-order valence-corrected chi connectivity index (χ2v) is 3.27. The lowest BCUT2D eigenvalue weighted by Gasteiger charge is -1.87. The molecule has 2 N–H and O–H groups in total. The van der Waals surface area contributed by atoms with Crippen molar-refractivity contribution in [1.29, 1.82) is 0 Å². The lowest BCUT2D eigenvalue weighted by molar-refractivity contribution is 1.28. The minimum atomic E-state index is -0.0417. The van der Waals surface area contributed by atoms with Crippen LogP contribution in [0.5, 0.6) is 0 Å². The molecular formula is C11H8N2O. The normalized spacial score (nSPS) is 11.1. The fourth-order valence-corrected chi connectivity index (χ4v) is 1.81. The third-order valence-corrected chi connectivity index (χ3v) is 2.43. The Morgan fingerprint density at radius 1 is 1.00 bits per heavy atom. The van der Waals surface area contributed by atoms with Crippen molar-refractivity contribution in [1.82, 2.24) is 9.97 Å². The van der Waals surface area contributed by atoms with Crippen LogP contribution in [0.15, 0.2) is 41.3 Å². The lowest BCUT2D eigenvalue weighted by Crippen LogP contribution is -2.02. The van der Waals surface area contributed by atoms with Crippen molar-refractivity contribution in [2.24, 2.45) is 0 Å². The van der Waals surface area contributed by atoms with Crippen molar-refractivity contribution < 1.29 is 0 Å². The van der Waals surface area contributed by atoms with Crippen LogP contribution in [-0.2, 0) is 0 Å². The fraction of sp³-hybridized carbons (Fsp3) is 0.